The van der Waals surface area contributed by atoms with Crippen LogP contribution in [0.25, 0.3) is 0 Å². The van der Waals surface area contributed by atoms with E-state index in [2.05, 4.69) is 10.6 Å². The number of hydrogen-bond donors (Lipinski definition) is 2. The van der Waals surface area contributed by atoms with Crippen molar-refractivity contribution in [2.75, 3.05) is 38.2 Å². The molecule has 142 valence electrons. The molecule has 1 fully saturated rings. The molecule has 2 aromatic rings. The normalized spacial score (nSPS) is 13.9. The highest BCUT2D eigenvalue weighted by Gasteiger charge is 2.20. The van der Waals surface area contributed by atoms with Crippen LogP contribution in [0.1, 0.15) is 15.9 Å². The van der Waals surface area contributed by atoms with Gasteiger partial charge in [-0.05, 0) is 29.8 Å². The topological polar surface area (TPSA) is 70.7 Å². The molecule has 0 bridgehead atoms. The molecule has 0 aromatic heterocycles. The Hall–Kier alpha value is -2.57. The van der Waals surface area contributed by atoms with Gasteiger partial charge in [0.05, 0.1) is 25.3 Å². The summed E-state index contributed by atoms with van der Waals surface area (Å²) in [5.74, 6) is -0.207. The number of halogens is 1. The Balaban J connectivity index is 1.55. The van der Waals surface area contributed by atoms with Crippen molar-refractivity contribution in [3.05, 3.63) is 64.7 Å². The van der Waals surface area contributed by atoms with Crippen LogP contribution in [0.4, 0.5) is 5.69 Å². The van der Waals surface area contributed by atoms with Gasteiger partial charge in [-0.15, -0.1) is 0 Å². The first-order chi connectivity index (χ1) is 13.1. The summed E-state index contributed by atoms with van der Waals surface area (Å²) in [7, 11) is 0. The number of carbonyl (C=O) groups is 2. The zero-order valence-corrected chi connectivity index (χ0v) is 15.7. The number of nitrogens with zero attached hydrogens (tertiary/aromatic N) is 1. The zero-order chi connectivity index (χ0) is 19.1. The summed E-state index contributed by atoms with van der Waals surface area (Å²) < 4.78 is 5.30. The number of nitrogens with one attached hydrogen (secondary N) is 2. The highest BCUT2D eigenvalue weighted by atomic mass is 35.5. The van der Waals surface area contributed by atoms with E-state index in [4.69, 9.17) is 16.3 Å². The molecule has 7 heteroatoms. The van der Waals surface area contributed by atoms with Gasteiger partial charge in [0.25, 0.3) is 5.91 Å². The summed E-state index contributed by atoms with van der Waals surface area (Å²) in [6, 6.07) is 14.5. The molecule has 2 amide bonds. The van der Waals surface area contributed by atoms with Gasteiger partial charge in [-0.1, -0.05) is 35.9 Å². The third-order valence-corrected chi connectivity index (χ3v) is 4.55. The minimum Gasteiger partial charge on any atom is -0.378 e. The van der Waals surface area contributed by atoms with E-state index < -0.39 is 0 Å². The highest BCUT2D eigenvalue weighted by Crippen LogP contribution is 2.18. The molecule has 0 saturated carbocycles. The zero-order valence-electron chi connectivity index (χ0n) is 14.9. The molecule has 1 heterocycles. The van der Waals surface area contributed by atoms with Crippen LogP contribution < -0.4 is 10.6 Å². The monoisotopic (exact) mass is 387 g/mol. The van der Waals surface area contributed by atoms with Crippen molar-refractivity contribution in [3.63, 3.8) is 0 Å². The van der Waals surface area contributed by atoms with Gasteiger partial charge in [0.1, 0.15) is 0 Å². The molecule has 0 spiro atoms. The maximum absolute atomic E-state index is 12.7. The van der Waals surface area contributed by atoms with Gasteiger partial charge in [-0.2, -0.15) is 0 Å². The molecule has 0 radical (unpaired) electrons. The molecule has 27 heavy (non-hydrogen) atoms. The molecular formula is C20H22ClN3O3. The summed E-state index contributed by atoms with van der Waals surface area (Å²) in [6.07, 6.45) is 0. The lowest BCUT2D eigenvalue weighted by molar-refractivity contribution is -0.119. The molecule has 0 atom stereocenters. The van der Waals surface area contributed by atoms with Crippen LogP contribution in [0, 0.1) is 0 Å². The first kappa shape index (κ1) is 19.2. The number of amides is 2. The fourth-order valence-electron chi connectivity index (χ4n) is 2.80. The molecule has 3 rings (SSSR count). The number of para-hydroxylation sites is 1. The van der Waals surface area contributed by atoms with Gasteiger partial charge < -0.3 is 20.3 Å². The number of rotatable bonds is 6. The minimum absolute atomic E-state index is 0.0528. The molecule has 1 aliphatic rings. The lowest BCUT2D eigenvalue weighted by Gasteiger charge is -2.27. The number of ether oxygens (including phenoxy) is 1. The van der Waals surface area contributed by atoms with Crippen LogP contribution in [-0.2, 0) is 16.1 Å². The summed E-state index contributed by atoms with van der Waals surface area (Å²) in [5.41, 5.74) is 2.18. The Bertz CT molecular complexity index is 789. The van der Waals surface area contributed by atoms with E-state index in [-0.39, 0.29) is 18.4 Å². The van der Waals surface area contributed by atoms with Crippen LogP contribution in [0.5, 0.6) is 0 Å². The van der Waals surface area contributed by atoms with E-state index in [1.807, 2.05) is 24.3 Å². The molecular weight excluding hydrogens is 366 g/mol. The van der Waals surface area contributed by atoms with Gasteiger partial charge in [0, 0.05) is 30.3 Å². The van der Waals surface area contributed by atoms with Crippen LogP contribution in [-0.4, -0.2) is 49.6 Å². The van der Waals surface area contributed by atoms with Gasteiger partial charge in [0.15, 0.2) is 0 Å². The van der Waals surface area contributed by atoms with Gasteiger partial charge >= 0.3 is 0 Å². The second-order valence-electron chi connectivity index (χ2n) is 6.21. The highest BCUT2D eigenvalue weighted by molar-refractivity contribution is 6.30. The van der Waals surface area contributed by atoms with Crippen LogP contribution >= 0.6 is 11.6 Å². The van der Waals surface area contributed by atoms with Crippen LogP contribution in [0.2, 0.25) is 5.02 Å². The second-order valence-corrected chi connectivity index (χ2v) is 6.64. The Kier molecular flexibility index (Phi) is 6.68. The van der Waals surface area contributed by atoms with Crippen molar-refractivity contribution in [1.82, 2.24) is 10.2 Å². The van der Waals surface area contributed by atoms with E-state index in [1.54, 1.807) is 29.2 Å². The van der Waals surface area contributed by atoms with Crippen LogP contribution in [0.15, 0.2) is 48.5 Å². The molecule has 6 nitrogen and oxygen atoms in total. The van der Waals surface area contributed by atoms with Gasteiger partial charge in [-0.3, -0.25) is 9.59 Å². The molecule has 2 N–H and O–H groups in total. The Labute approximate surface area is 163 Å². The summed E-state index contributed by atoms with van der Waals surface area (Å²) in [6.45, 7) is 2.76. The fraction of sp³-hybridized carbons (Fsp3) is 0.300. The Morgan fingerprint density at radius 2 is 1.74 bits per heavy atom. The van der Waals surface area contributed by atoms with E-state index in [9.17, 15) is 9.59 Å². The summed E-state index contributed by atoms with van der Waals surface area (Å²) in [5, 5.41) is 6.57. The minimum atomic E-state index is -0.154. The molecule has 2 aromatic carbocycles. The Morgan fingerprint density at radius 1 is 1.04 bits per heavy atom. The van der Waals surface area contributed by atoms with E-state index in [1.165, 1.54) is 0 Å². The van der Waals surface area contributed by atoms with Crippen molar-refractivity contribution < 1.29 is 14.3 Å². The molecule has 1 saturated heterocycles. The first-order valence-corrected chi connectivity index (χ1v) is 9.22. The predicted molar refractivity (Wildman–Crippen MR) is 105 cm³/mol. The second kappa shape index (κ2) is 9.39. The van der Waals surface area contributed by atoms with Crippen molar-refractivity contribution in [3.8, 4) is 0 Å². The predicted octanol–water partition coefficient (Wildman–Crippen LogP) is 2.54. The summed E-state index contributed by atoms with van der Waals surface area (Å²) >= 11 is 5.85. The standard InChI is InChI=1S/C20H22ClN3O3/c21-16-7-5-15(6-8-16)13-23-19(25)14-22-18-4-2-1-3-17(18)20(26)24-9-11-27-12-10-24/h1-8,22H,9-14H2,(H,23,25). The van der Waals surface area contributed by atoms with Crippen molar-refractivity contribution in [1.29, 1.82) is 0 Å². The maximum Gasteiger partial charge on any atom is 0.256 e. The van der Waals surface area contributed by atoms with Crippen molar-refractivity contribution >= 4 is 29.1 Å². The molecule has 0 aliphatic carbocycles. The summed E-state index contributed by atoms with van der Waals surface area (Å²) in [4.78, 5) is 26.6. The lowest BCUT2D eigenvalue weighted by Crippen LogP contribution is -2.41. The van der Waals surface area contributed by atoms with Crippen LogP contribution in [0.3, 0.4) is 0 Å². The molecule has 0 unspecified atom stereocenters. The average Bonchev–Trinajstić information content (AvgIpc) is 2.72. The van der Waals surface area contributed by atoms with Gasteiger partial charge in [0.2, 0.25) is 5.91 Å². The number of benzene rings is 2. The van der Waals surface area contributed by atoms with Crippen molar-refractivity contribution in [2.24, 2.45) is 0 Å². The van der Waals surface area contributed by atoms with E-state index >= 15 is 0 Å². The smallest absolute Gasteiger partial charge is 0.256 e. The van der Waals surface area contributed by atoms with E-state index in [0.29, 0.717) is 49.1 Å². The van der Waals surface area contributed by atoms with Crippen molar-refractivity contribution in [2.45, 2.75) is 6.54 Å². The molecule has 1 aliphatic heterocycles. The third-order valence-electron chi connectivity index (χ3n) is 4.30. The lowest BCUT2D eigenvalue weighted by atomic mass is 10.1. The number of morpholine rings is 1. The fourth-order valence-corrected chi connectivity index (χ4v) is 2.93. The number of hydrogen-bond acceptors (Lipinski definition) is 4. The number of carbonyl (C=O) groups excluding carboxylic acids is 2. The van der Waals surface area contributed by atoms with E-state index in [0.717, 1.165) is 5.56 Å². The largest absolute Gasteiger partial charge is 0.378 e. The average molecular weight is 388 g/mol. The Morgan fingerprint density at radius 3 is 2.48 bits per heavy atom. The SMILES string of the molecule is O=C(CNc1ccccc1C(=O)N1CCOCC1)NCc1ccc(Cl)cc1. The maximum atomic E-state index is 12.7. The first-order valence-electron chi connectivity index (χ1n) is 8.84. The van der Waals surface area contributed by atoms with Gasteiger partial charge in [-0.25, -0.2) is 0 Å². The number of anilines is 1. The quantitative estimate of drug-likeness (QED) is 0.799. The third kappa shape index (κ3) is 5.45.